The van der Waals surface area contributed by atoms with Gasteiger partial charge in [0.2, 0.25) is 0 Å². The zero-order valence-corrected chi connectivity index (χ0v) is 8.25. The first kappa shape index (κ1) is 10.3. The van der Waals surface area contributed by atoms with E-state index < -0.39 is 4.92 Å². The van der Waals surface area contributed by atoms with Gasteiger partial charge in [0.15, 0.2) is 0 Å². The average molecular weight is 219 g/mol. The van der Waals surface area contributed by atoms with E-state index in [1.54, 1.807) is 18.2 Å². The summed E-state index contributed by atoms with van der Waals surface area (Å²) < 4.78 is 0. The first-order chi connectivity index (χ1) is 7.72. The van der Waals surface area contributed by atoms with Crippen molar-refractivity contribution >= 4 is 5.69 Å². The zero-order chi connectivity index (χ0) is 11.5. The van der Waals surface area contributed by atoms with Gasteiger partial charge in [0.05, 0.1) is 22.4 Å². The van der Waals surface area contributed by atoms with Crippen molar-refractivity contribution in [3.8, 4) is 11.3 Å². The smallest absolute Gasteiger partial charge is 0.278 e. The van der Waals surface area contributed by atoms with Crippen LogP contribution in [0.2, 0.25) is 0 Å². The van der Waals surface area contributed by atoms with Gasteiger partial charge < -0.3 is 10.1 Å². The standard InChI is InChI=1S/C10H9N3O3/c14-6-10-11-5-8(12-10)7-3-1-2-4-9(7)13(15)16/h1-5,14H,6H2,(H,11,12). The second-order valence-corrected chi connectivity index (χ2v) is 3.18. The Kier molecular flexibility index (Phi) is 2.65. The molecule has 0 aliphatic rings. The van der Waals surface area contributed by atoms with Crippen LogP contribution in [0.5, 0.6) is 0 Å². The molecule has 1 aromatic heterocycles. The van der Waals surface area contributed by atoms with Gasteiger partial charge in [0.1, 0.15) is 12.4 Å². The molecule has 0 aliphatic carbocycles. The molecule has 0 spiro atoms. The number of nitrogens with one attached hydrogen (secondary N) is 1. The monoisotopic (exact) mass is 219 g/mol. The summed E-state index contributed by atoms with van der Waals surface area (Å²) in [5.74, 6) is 0.383. The van der Waals surface area contributed by atoms with Gasteiger partial charge in [-0.05, 0) is 6.07 Å². The lowest BCUT2D eigenvalue weighted by atomic mass is 10.1. The Labute approximate surface area is 90.7 Å². The van der Waals surface area contributed by atoms with Crippen molar-refractivity contribution in [2.24, 2.45) is 0 Å². The summed E-state index contributed by atoms with van der Waals surface area (Å²) in [5, 5.41) is 19.6. The molecule has 1 aromatic carbocycles. The number of hydrogen-bond acceptors (Lipinski definition) is 4. The molecule has 2 aromatic rings. The van der Waals surface area contributed by atoms with Gasteiger partial charge in [0.25, 0.3) is 5.69 Å². The molecule has 82 valence electrons. The summed E-state index contributed by atoms with van der Waals surface area (Å²) in [7, 11) is 0. The first-order valence-corrected chi connectivity index (χ1v) is 4.61. The summed E-state index contributed by atoms with van der Waals surface area (Å²) in [6, 6.07) is 6.37. The highest BCUT2D eigenvalue weighted by Crippen LogP contribution is 2.27. The number of imidazole rings is 1. The lowest BCUT2D eigenvalue weighted by Gasteiger charge is -1.98. The lowest BCUT2D eigenvalue weighted by molar-refractivity contribution is -0.384. The van der Waals surface area contributed by atoms with Crippen LogP contribution < -0.4 is 0 Å². The van der Waals surface area contributed by atoms with Crippen molar-refractivity contribution in [2.45, 2.75) is 6.61 Å². The Hall–Kier alpha value is -2.21. The van der Waals surface area contributed by atoms with Crippen molar-refractivity contribution in [1.82, 2.24) is 9.97 Å². The Morgan fingerprint density at radius 3 is 2.81 bits per heavy atom. The predicted octanol–water partition coefficient (Wildman–Crippen LogP) is 1.48. The number of H-pyrrole nitrogens is 1. The van der Waals surface area contributed by atoms with Crippen molar-refractivity contribution in [2.75, 3.05) is 0 Å². The van der Waals surface area contributed by atoms with Gasteiger partial charge in [-0.25, -0.2) is 4.98 Å². The molecule has 0 fully saturated rings. The number of nitrogens with zero attached hydrogens (tertiary/aromatic N) is 2. The second-order valence-electron chi connectivity index (χ2n) is 3.18. The fourth-order valence-corrected chi connectivity index (χ4v) is 1.44. The van der Waals surface area contributed by atoms with Gasteiger partial charge >= 0.3 is 0 Å². The molecule has 1 heterocycles. The minimum Gasteiger partial charge on any atom is -0.388 e. The third-order valence-electron chi connectivity index (χ3n) is 2.17. The van der Waals surface area contributed by atoms with Gasteiger partial charge in [-0.1, -0.05) is 12.1 Å². The maximum Gasteiger partial charge on any atom is 0.278 e. The highest BCUT2D eigenvalue weighted by molar-refractivity contribution is 5.69. The van der Waals surface area contributed by atoms with Crippen LogP contribution in [0.15, 0.2) is 30.5 Å². The number of aromatic amines is 1. The van der Waals surface area contributed by atoms with Crippen LogP contribution in [0, 0.1) is 10.1 Å². The normalized spacial score (nSPS) is 10.3. The van der Waals surface area contributed by atoms with E-state index >= 15 is 0 Å². The summed E-state index contributed by atoms with van der Waals surface area (Å²) in [5.41, 5.74) is 0.992. The number of para-hydroxylation sites is 1. The molecule has 0 radical (unpaired) electrons. The second kappa shape index (κ2) is 4.11. The SMILES string of the molecule is O=[N+]([O-])c1ccccc1-c1cnc(CO)[nH]1. The molecule has 6 nitrogen and oxygen atoms in total. The Bertz CT molecular complexity index is 522. The van der Waals surface area contributed by atoms with Crippen LogP contribution in [0.1, 0.15) is 5.82 Å². The van der Waals surface area contributed by atoms with E-state index in [0.717, 1.165) is 0 Å². The van der Waals surface area contributed by atoms with Gasteiger partial charge in [-0.3, -0.25) is 10.1 Å². The number of aliphatic hydroxyl groups excluding tert-OH is 1. The molecule has 0 bridgehead atoms. The lowest BCUT2D eigenvalue weighted by Crippen LogP contribution is -1.92. The fraction of sp³-hybridized carbons (Fsp3) is 0.100. The molecule has 0 saturated carbocycles. The fourth-order valence-electron chi connectivity index (χ4n) is 1.44. The molecule has 2 N–H and O–H groups in total. The van der Waals surface area contributed by atoms with Crippen LogP contribution in [0.3, 0.4) is 0 Å². The van der Waals surface area contributed by atoms with E-state index in [1.807, 2.05) is 0 Å². The number of aliphatic hydroxyl groups is 1. The van der Waals surface area contributed by atoms with Crippen LogP contribution in [0.25, 0.3) is 11.3 Å². The first-order valence-electron chi connectivity index (χ1n) is 4.61. The number of nitro groups is 1. The van der Waals surface area contributed by atoms with E-state index in [4.69, 9.17) is 5.11 Å². The predicted molar refractivity (Wildman–Crippen MR) is 56.6 cm³/mol. The van der Waals surface area contributed by atoms with Crippen molar-refractivity contribution in [3.05, 3.63) is 46.4 Å². The number of benzene rings is 1. The number of rotatable bonds is 3. The van der Waals surface area contributed by atoms with Crippen LogP contribution in [-0.2, 0) is 6.61 Å². The number of hydrogen-bond donors (Lipinski definition) is 2. The topological polar surface area (TPSA) is 92.1 Å². The van der Waals surface area contributed by atoms with Crippen LogP contribution in [-0.4, -0.2) is 20.0 Å². The molecular weight excluding hydrogens is 210 g/mol. The van der Waals surface area contributed by atoms with E-state index in [1.165, 1.54) is 12.3 Å². The molecule has 16 heavy (non-hydrogen) atoms. The minimum atomic E-state index is -0.450. The highest BCUT2D eigenvalue weighted by Gasteiger charge is 2.15. The number of aromatic nitrogens is 2. The minimum absolute atomic E-state index is 0.00985. The molecule has 0 amide bonds. The van der Waals surface area contributed by atoms with Gasteiger partial charge in [0, 0.05) is 6.07 Å². The Morgan fingerprint density at radius 1 is 1.44 bits per heavy atom. The van der Waals surface area contributed by atoms with Crippen molar-refractivity contribution < 1.29 is 10.0 Å². The summed E-state index contributed by atoms with van der Waals surface area (Å²) in [4.78, 5) is 17.0. The molecule has 2 rings (SSSR count). The van der Waals surface area contributed by atoms with Crippen molar-refractivity contribution in [1.29, 1.82) is 0 Å². The maximum atomic E-state index is 10.8. The molecule has 0 atom stereocenters. The zero-order valence-electron chi connectivity index (χ0n) is 8.25. The average Bonchev–Trinajstić information content (AvgIpc) is 2.77. The molecule has 0 saturated heterocycles. The van der Waals surface area contributed by atoms with E-state index in [9.17, 15) is 10.1 Å². The van der Waals surface area contributed by atoms with Gasteiger partial charge in [-0.15, -0.1) is 0 Å². The van der Waals surface area contributed by atoms with Crippen molar-refractivity contribution in [3.63, 3.8) is 0 Å². The largest absolute Gasteiger partial charge is 0.388 e. The van der Waals surface area contributed by atoms with Gasteiger partial charge in [-0.2, -0.15) is 0 Å². The van der Waals surface area contributed by atoms with Crippen LogP contribution in [0.4, 0.5) is 5.69 Å². The third-order valence-corrected chi connectivity index (χ3v) is 2.17. The molecular formula is C10H9N3O3. The van der Waals surface area contributed by atoms with E-state index in [0.29, 0.717) is 17.1 Å². The van der Waals surface area contributed by atoms with Crippen LogP contribution >= 0.6 is 0 Å². The number of nitro benzene ring substituents is 1. The third kappa shape index (κ3) is 1.78. The Morgan fingerprint density at radius 2 is 2.19 bits per heavy atom. The highest BCUT2D eigenvalue weighted by atomic mass is 16.6. The molecule has 0 unspecified atom stereocenters. The maximum absolute atomic E-state index is 10.8. The summed E-state index contributed by atoms with van der Waals surface area (Å²) in [6.07, 6.45) is 1.47. The van der Waals surface area contributed by atoms with E-state index in [-0.39, 0.29) is 12.3 Å². The summed E-state index contributed by atoms with van der Waals surface area (Å²) in [6.45, 7) is -0.222. The van der Waals surface area contributed by atoms with E-state index in [2.05, 4.69) is 9.97 Å². The molecule has 6 heteroatoms. The Balaban J connectivity index is 2.50. The quantitative estimate of drug-likeness (QED) is 0.604. The summed E-state index contributed by atoms with van der Waals surface area (Å²) >= 11 is 0. The molecule has 0 aliphatic heterocycles.